The third-order valence-corrected chi connectivity index (χ3v) is 7.26. The van der Waals surface area contributed by atoms with Crippen LogP contribution in [0.15, 0.2) is 18.2 Å². The van der Waals surface area contributed by atoms with E-state index in [1.807, 2.05) is 18.2 Å². The summed E-state index contributed by atoms with van der Waals surface area (Å²) in [6, 6.07) is 5.78. The molecule has 1 aliphatic carbocycles. The topological polar surface area (TPSA) is 72.3 Å². The summed E-state index contributed by atoms with van der Waals surface area (Å²) in [6.45, 7) is 4.30. The van der Waals surface area contributed by atoms with Crippen molar-refractivity contribution in [2.75, 3.05) is 26.4 Å². The number of rotatable bonds is 3. The molecule has 4 aliphatic rings. The van der Waals surface area contributed by atoms with Crippen LogP contribution in [-0.2, 0) is 10.3 Å². The zero-order chi connectivity index (χ0) is 20.0. The van der Waals surface area contributed by atoms with Gasteiger partial charge in [0.15, 0.2) is 18.2 Å². The molecule has 0 radical (unpaired) electrons. The van der Waals surface area contributed by atoms with Gasteiger partial charge in [0.05, 0.1) is 12.6 Å². The Hall–Kier alpha value is -2.28. The average Bonchev–Trinajstić information content (AvgIpc) is 2.97. The third kappa shape index (κ3) is 3.16. The second kappa shape index (κ2) is 7.20. The average molecular weight is 400 g/mol. The number of benzene rings is 1. The number of piperidine rings is 1. The Morgan fingerprint density at radius 2 is 1.86 bits per heavy atom. The minimum absolute atomic E-state index is 0.176. The Labute approximate surface area is 171 Å². The zero-order valence-corrected chi connectivity index (χ0v) is 17.0. The lowest BCUT2D eigenvalue weighted by Gasteiger charge is -2.42. The molecule has 0 aromatic heterocycles. The monoisotopic (exact) mass is 400 g/mol. The quantitative estimate of drug-likeness (QED) is 0.753. The molecule has 0 spiro atoms. The van der Waals surface area contributed by atoms with Crippen LogP contribution in [0.3, 0.4) is 0 Å². The van der Waals surface area contributed by atoms with Crippen LogP contribution in [0.25, 0.3) is 0 Å². The standard InChI is InChI=1S/C22H29N3O4/c1-22(16-8-9-18-19(13-16)29-12-11-28-18)20(26)25(21(27)23-22)14-24-10-4-6-15-5-2-3-7-17(15)24/h8-9,13,15,17H,2-7,10-12,14H2,1H3,(H,23,27)/p+1/t15-,17+,22+/m1/s1. The van der Waals surface area contributed by atoms with Crippen molar-refractivity contribution in [3.8, 4) is 11.5 Å². The van der Waals surface area contributed by atoms with Gasteiger partial charge >= 0.3 is 6.03 Å². The molecule has 7 nitrogen and oxygen atoms in total. The minimum atomic E-state index is -1.08. The van der Waals surface area contributed by atoms with E-state index in [1.54, 1.807) is 6.92 Å². The number of nitrogens with one attached hydrogen (secondary N) is 2. The van der Waals surface area contributed by atoms with E-state index >= 15 is 0 Å². The number of carbonyl (C=O) groups is 2. The summed E-state index contributed by atoms with van der Waals surface area (Å²) in [5.74, 6) is 1.88. The molecule has 7 heteroatoms. The molecule has 29 heavy (non-hydrogen) atoms. The van der Waals surface area contributed by atoms with Gasteiger partial charge in [0, 0.05) is 5.92 Å². The number of fused-ring (bicyclic) bond motifs is 2. The van der Waals surface area contributed by atoms with E-state index in [9.17, 15) is 9.59 Å². The molecule has 3 fully saturated rings. The smallest absolute Gasteiger partial charge is 0.329 e. The summed E-state index contributed by atoms with van der Waals surface area (Å²) >= 11 is 0. The van der Waals surface area contributed by atoms with Crippen molar-refractivity contribution < 1.29 is 24.0 Å². The van der Waals surface area contributed by atoms with Crippen LogP contribution in [-0.4, -0.2) is 49.3 Å². The number of hydrogen-bond acceptors (Lipinski definition) is 4. The second-order valence-electron chi connectivity index (χ2n) is 9.01. The van der Waals surface area contributed by atoms with Gasteiger partial charge in [-0.15, -0.1) is 0 Å². The minimum Gasteiger partial charge on any atom is -0.486 e. The predicted octanol–water partition coefficient (Wildman–Crippen LogP) is 1.42. The van der Waals surface area contributed by atoms with E-state index in [-0.39, 0.29) is 11.9 Å². The van der Waals surface area contributed by atoms with Gasteiger partial charge in [-0.1, -0.05) is 12.5 Å². The number of carbonyl (C=O) groups excluding carboxylic acids is 2. The molecule has 0 bridgehead atoms. The molecule has 3 aliphatic heterocycles. The fourth-order valence-corrected chi connectivity index (χ4v) is 5.66. The van der Waals surface area contributed by atoms with E-state index in [4.69, 9.17) is 9.47 Å². The summed E-state index contributed by atoms with van der Waals surface area (Å²) in [6.07, 6.45) is 7.56. The summed E-state index contributed by atoms with van der Waals surface area (Å²) in [5, 5.41) is 2.94. The largest absolute Gasteiger partial charge is 0.486 e. The van der Waals surface area contributed by atoms with Crippen molar-refractivity contribution >= 4 is 11.9 Å². The van der Waals surface area contributed by atoms with Crippen LogP contribution in [0.1, 0.15) is 51.0 Å². The number of quaternary nitrogens is 1. The fraction of sp³-hybridized carbons (Fsp3) is 0.636. The first-order valence-corrected chi connectivity index (χ1v) is 10.9. The first-order valence-electron chi connectivity index (χ1n) is 10.9. The number of imide groups is 1. The van der Waals surface area contributed by atoms with Gasteiger partial charge in [-0.3, -0.25) is 4.79 Å². The molecule has 2 saturated heterocycles. The number of likely N-dealkylation sites (tertiary alicyclic amines) is 1. The van der Waals surface area contributed by atoms with E-state index in [0.29, 0.717) is 37.4 Å². The Balaban J connectivity index is 1.36. The van der Waals surface area contributed by atoms with Crippen molar-refractivity contribution in [1.29, 1.82) is 0 Å². The van der Waals surface area contributed by atoms with E-state index < -0.39 is 5.54 Å². The summed E-state index contributed by atoms with van der Waals surface area (Å²) < 4.78 is 11.3. The Kier molecular flexibility index (Phi) is 4.65. The lowest BCUT2D eigenvalue weighted by Crippen LogP contribution is -3.19. The van der Waals surface area contributed by atoms with Crippen LogP contribution >= 0.6 is 0 Å². The summed E-state index contributed by atoms with van der Waals surface area (Å²) in [7, 11) is 0. The van der Waals surface area contributed by atoms with Crippen LogP contribution in [0.4, 0.5) is 4.79 Å². The number of ether oxygens (including phenoxy) is 2. The maximum atomic E-state index is 13.4. The Morgan fingerprint density at radius 3 is 2.72 bits per heavy atom. The summed E-state index contributed by atoms with van der Waals surface area (Å²) in [4.78, 5) is 29.1. The fourth-order valence-electron chi connectivity index (χ4n) is 5.66. The number of nitrogens with zero attached hydrogens (tertiary/aromatic N) is 1. The van der Waals surface area contributed by atoms with Crippen molar-refractivity contribution in [2.24, 2.45) is 5.92 Å². The highest BCUT2D eigenvalue weighted by molar-refractivity contribution is 6.07. The maximum Gasteiger partial charge on any atom is 0.329 e. The maximum absolute atomic E-state index is 13.4. The van der Waals surface area contributed by atoms with Crippen LogP contribution in [0, 0.1) is 5.92 Å². The molecule has 3 amide bonds. The predicted molar refractivity (Wildman–Crippen MR) is 106 cm³/mol. The van der Waals surface area contributed by atoms with Gasteiger partial charge in [-0.2, -0.15) is 0 Å². The highest BCUT2D eigenvalue weighted by Crippen LogP contribution is 2.37. The van der Waals surface area contributed by atoms with Gasteiger partial charge in [-0.05, 0) is 56.7 Å². The molecule has 2 N–H and O–H groups in total. The molecule has 1 unspecified atom stereocenters. The van der Waals surface area contributed by atoms with Gasteiger partial charge < -0.3 is 19.7 Å². The first kappa shape index (κ1) is 18.7. The summed E-state index contributed by atoms with van der Waals surface area (Å²) in [5.41, 5.74) is -0.347. The van der Waals surface area contributed by atoms with E-state index in [0.717, 1.165) is 18.0 Å². The molecular weight excluding hydrogens is 370 g/mol. The molecule has 1 aromatic carbocycles. The molecular formula is C22H30N3O4+. The lowest BCUT2D eigenvalue weighted by atomic mass is 9.78. The Morgan fingerprint density at radius 1 is 1.10 bits per heavy atom. The Bertz CT molecular complexity index is 826. The number of hydrogen-bond donors (Lipinski definition) is 2. The second-order valence-corrected chi connectivity index (χ2v) is 9.01. The van der Waals surface area contributed by atoms with Crippen molar-refractivity contribution in [1.82, 2.24) is 10.2 Å². The van der Waals surface area contributed by atoms with Gasteiger partial charge in [0.25, 0.3) is 5.91 Å². The third-order valence-electron chi connectivity index (χ3n) is 7.26. The molecule has 1 saturated carbocycles. The van der Waals surface area contributed by atoms with Gasteiger partial charge in [0.2, 0.25) is 0 Å². The normalized spacial score (nSPS) is 34.0. The molecule has 4 atom stereocenters. The van der Waals surface area contributed by atoms with E-state index in [2.05, 4.69) is 5.32 Å². The number of amides is 3. The van der Waals surface area contributed by atoms with Crippen molar-refractivity contribution in [3.63, 3.8) is 0 Å². The van der Waals surface area contributed by atoms with Crippen molar-refractivity contribution in [2.45, 2.75) is 57.0 Å². The molecule has 1 aromatic rings. The van der Waals surface area contributed by atoms with Gasteiger partial charge in [0.1, 0.15) is 18.8 Å². The zero-order valence-electron chi connectivity index (χ0n) is 17.0. The van der Waals surface area contributed by atoms with Crippen molar-refractivity contribution in [3.05, 3.63) is 23.8 Å². The van der Waals surface area contributed by atoms with Crippen LogP contribution < -0.4 is 19.7 Å². The highest BCUT2D eigenvalue weighted by Gasteiger charge is 2.51. The molecule has 5 rings (SSSR count). The molecule has 156 valence electrons. The number of urea groups is 1. The highest BCUT2D eigenvalue weighted by atomic mass is 16.6. The van der Waals surface area contributed by atoms with Crippen LogP contribution in [0.2, 0.25) is 0 Å². The van der Waals surface area contributed by atoms with Gasteiger partial charge in [-0.25, -0.2) is 9.69 Å². The molecule has 3 heterocycles. The van der Waals surface area contributed by atoms with E-state index in [1.165, 1.54) is 48.3 Å². The van der Waals surface area contributed by atoms with Crippen LogP contribution in [0.5, 0.6) is 11.5 Å². The first-order chi connectivity index (χ1) is 14.1. The SMILES string of the molecule is C[C@@]1(c2ccc3c(c2)OCCO3)NC(=O)N(C[NH+]2CCC[C@H]3CCCC[C@@H]32)C1=O. The lowest BCUT2D eigenvalue weighted by molar-refractivity contribution is -0.942.